The van der Waals surface area contributed by atoms with Crippen molar-refractivity contribution in [3.63, 3.8) is 0 Å². The number of unbranched alkanes of at least 4 members (excludes halogenated alkanes) is 1. The fourth-order valence-electron chi connectivity index (χ4n) is 3.40. The topological polar surface area (TPSA) is 92.6 Å². The summed E-state index contributed by atoms with van der Waals surface area (Å²) in [5.41, 5.74) is 17.2. The van der Waals surface area contributed by atoms with E-state index < -0.39 is 0 Å². The molecule has 0 saturated carbocycles. The maximum Gasteiger partial charge on any atom is 0.219 e. The van der Waals surface area contributed by atoms with Crippen LogP contribution < -0.4 is 25.7 Å². The quantitative estimate of drug-likeness (QED) is 0.464. The molecule has 0 amide bonds. The number of rotatable bonds is 10. The molecule has 0 fully saturated rings. The van der Waals surface area contributed by atoms with E-state index in [4.69, 9.17) is 25.7 Å². The van der Waals surface area contributed by atoms with Crippen LogP contribution in [0.4, 0.5) is 11.5 Å². The average molecular weight is 422 g/mol. The lowest BCUT2D eigenvalue weighted by atomic mass is 9.94. The van der Waals surface area contributed by atoms with E-state index in [0.717, 1.165) is 46.6 Å². The molecule has 0 spiro atoms. The van der Waals surface area contributed by atoms with Gasteiger partial charge < -0.3 is 25.7 Å². The first-order valence-corrected chi connectivity index (χ1v) is 10.5. The first-order valence-electron chi connectivity index (χ1n) is 10.5. The van der Waals surface area contributed by atoms with Crippen LogP contribution in [0, 0.1) is 0 Å². The smallest absolute Gasteiger partial charge is 0.219 e. The Hall–Kier alpha value is -3.41. The van der Waals surface area contributed by atoms with Gasteiger partial charge in [0.1, 0.15) is 11.5 Å². The minimum absolute atomic E-state index is 0.300. The largest absolute Gasteiger partial charge is 0.497 e. The Morgan fingerprint density at radius 1 is 0.774 bits per heavy atom. The number of aromatic nitrogens is 1. The first-order chi connectivity index (χ1) is 15.0. The minimum atomic E-state index is 0.300. The predicted molar refractivity (Wildman–Crippen MR) is 125 cm³/mol. The highest BCUT2D eigenvalue weighted by atomic mass is 16.5. The summed E-state index contributed by atoms with van der Waals surface area (Å²) in [6, 6.07) is 15.9. The molecule has 0 saturated heterocycles. The maximum absolute atomic E-state index is 6.42. The van der Waals surface area contributed by atoms with Crippen molar-refractivity contribution >= 4 is 11.5 Å². The van der Waals surface area contributed by atoms with Crippen LogP contribution in [0.3, 0.4) is 0 Å². The normalized spacial score (nSPS) is 10.7. The van der Waals surface area contributed by atoms with E-state index in [9.17, 15) is 0 Å². The van der Waals surface area contributed by atoms with E-state index in [0.29, 0.717) is 36.8 Å². The summed E-state index contributed by atoms with van der Waals surface area (Å²) >= 11 is 0. The van der Waals surface area contributed by atoms with Gasteiger partial charge in [0.25, 0.3) is 0 Å². The Bertz CT molecular complexity index is 986. The lowest BCUT2D eigenvalue weighted by molar-refractivity contribution is 0.295. The van der Waals surface area contributed by atoms with Crippen LogP contribution >= 0.6 is 0 Å². The molecule has 1 aromatic heterocycles. The summed E-state index contributed by atoms with van der Waals surface area (Å²) in [7, 11) is 3.32. The lowest BCUT2D eigenvalue weighted by Gasteiger charge is -2.19. The lowest BCUT2D eigenvalue weighted by Crippen LogP contribution is -2.12. The minimum Gasteiger partial charge on any atom is -0.497 e. The Kier molecular flexibility index (Phi) is 7.60. The third kappa shape index (κ3) is 5.60. The van der Waals surface area contributed by atoms with Gasteiger partial charge in [0.15, 0.2) is 5.82 Å². The van der Waals surface area contributed by atoms with Gasteiger partial charge in [-0.2, -0.15) is 4.98 Å². The number of ether oxygens (including phenoxy) is 3. The zero-order chi connectivity index (χ0) is 22.2. The zero-order valence-corrected chi connectivity index (χ0v) is 18.5. The third-order valence-electron chi connectivity index (χ3n) is 5.26. The summed E-state index contributed by atoms with van der Waals surface area (Å²) in [5, 5.41) is 0. The standard InChI is InChI=1S/C25H31N3O3/c1-4-5-14-31-25-22(16-18-8-12-20(30-3)13-9-18)21(23(26)24(27)28-25)15-17-6-10-19(29-2)11-7-17/h6-13H,4-5,14-16,26H2,1-3H3,(H2,27,28). The van der Waals surface area contributed by atoms with Gasteiger partial charge in [-0.3, -0.25) is 0 Å². The molecule has 0 bridgehead atoms. The Morgan fingerprint density at radius 2 is 1.29 bits per heavy atom. The molecule has 3 aromatic rings. The van der Waals surface area contributed by atoms with Gasteiger partial charge in [0, 0.05) is 18.4 Å². The van der Waals surface area contributed by atoms with Crippen LogP contribution in [-0.2, 0) is 12.8 Å². The number of nitrogens with zero attached hydrogens (tertiary/aromatic N) is 1. The number of methoxy groups -OCH3 is 2. The number of nitrogens with two attached hydrogens (primary N) is 2. The van der Waals surface area contributed by atoms with Crippen molar-refractivity contribution in [3.8, 4) is 17.4 Å². The molecule has 0 aliphatic rings. The van der Waals surface area contributed by atoms with Crippen LogP contribution in [0.5, 0.6) is 17.4 Å². The maximum atomic E-state index is 6.42. The van der Waals surface area contributed by atoms with Crippen LogP contribution in [0.2, 0.25) is 0 Å². The van der Waals surface area contributed by atoms with E-state index in [2.05, 4.69) is 11.9 Å². The molecular formula is C25H31N3O3. The van der Waals surface area contributed by atoms with Gasteiger partial charge in [0.2, 0.25) is 5.88 Å². The molecule has 0 radical (unpaired) electrons. The second-order valence-corrected chi connectivity index (χ2v) is 7.42. The van der Waals surface area contributed by atoms with Crippen molar-refractivity contribution in [3.05, 3.63) is 70.8 Å². The molecule has 1 heterocycles. The molecule has 164 valence electrons. The molecule has 4 N–H and O–H groups in total. The number of anilines is 2. The van der Waals surface area contributed by atoms with E-state index in [-0.39, 0.29) is 0 Å². The van der Waals surface area contributed by atoms with E-state index in [1.807, 2.05) is 48.5 Å². The van der Waals surface area contributed by atoms with E-state index >= 15 is 0 Å². The Balaban J connectivity index is 2.01. The monoisotopic (exact) mass is 421 g/mol. The fourth-order valence-corrected chi connectivity index (χ4v) is 3.40. The van der Waals surface area contributed by atoms with Crippen LogP contribution in [0.1, 0.15) is 42.0 Å². The second-order valence-electron chi connectivity index (χ2n) is 7.42. The Labute approximate surface area is 184 Å². The Morgan fingerprint density at radius 3 is 1.77 bits per heavy atom. The van der Waals surface area contributed by atoms with Crippen molar-refractivity contribution in [2.45, 2.75) is 32.6 Å². The number of hydrogen-bond donors (Lipinski definition) is 2. The second kappa shape index (κ2) is 10.6. The molecule has 0 aliphatic carbocycles. The van der Waals surface area contributed by atoms with Crippen LogP contribution in [-0.4, -0.2) is 25.8 Å². The summed E-state index contributed by atoms with van der Waals surface area (Å²) in [6.07, 6.45) is 3.24. The summed E-state index contributed by atoms with van der Waals surface area (Å²) in [4.78, 5) is 4.49. The number of pyridine rings is 1. The molecule has 2 aromatic carbocycles. The van der Waals surface area contributed by atoms with Crippen molar-refractivity contribution < 1.29 is 14.2 Å². The average Bonchev–Trinajstić information content (AvgIpc) is 2.80. The highest BCUT2D eigenvalue weighted by molar-refractivity contribution is 5.69. The zero-order valence-electron chi connectivity index (χ0n) is 18.5. The highest BCUT2D eigenvalue weighted by Crippen LogP contribution is 2.34. The molecule has 31 heavy (non-hydrogen) atoms. The molecule has 3 rings (SSSR count). The molecule has 6 nitrogen and oxygen atoms in total. The van der Waals surface area contributed by atoms with E-state index in [1.165, 1.54) is 0 Å². The molecule has 0 aliphatic heterocycles. The summed E-state index contributed by atoms with van der Waals surface area (Å²) in [6.45, 7) is 2.71. The van der Waals surface area contributed by atoms with Gasteiger partial charge in [-0.1, -0.05) is 37.6 Å². The van der Waals surface area contributed by atoms with Gasteiger partial charge >= 0.3 is 0 Å². The SMILES string of the molecule is CCCCOc1nc(N)c(N)c(Cc2ccc(OC)cc2)c1Cc1ccc(OC)cc1. The number of benzene rings is 2. The van der Waals surface area contributed by atoms with Crippen molar-refractivity contribution in [1.29, 1.82) is 0 Å². The third-order valence-corrected chi connectivity index (χ3v) is 5.26. The van der Waals surface area contributed by atoms with Gasteiger partial charge in [-0.05, 0) is 47.4 Å². The predicted octanol–water partition coefficient (Wildman–Crippen LogP) is 4.62. The summed E-state index contributed by atoms with van der Waals surface area (Å²) in [5.74, 6) is 2.48. The van der Waals surface area contributed by atoms with Gasteiger partial charge in [-0.25, -0.2) is 0 Å². The molecule has 6 heteroatoms. The van der Waals surface area contributed by atoms with Gasteiger partial charge in [-0.15, -0.1) is 0 Å². The van der Waals surface area contributed by atoms with Crippen molar-refractivity contribution in [2.75, 3.05) is 32.3 Å². The molecular weight excluding hydrogens is 390 g/mol. The van der Waals surface area contributed by atoms with Crippen molar-refractivity contribution in [1.82, 2.24) is 4.98 Å². The van der Waals surface area contributed by atoms with Crippen LogP contribution in [0.15, 0.2) is 48.5 Å². The fraction of sp³-hybridized carbons (Fsp3) is 0.320. The molecule has 0 atom stereocenters. The first kappa shape index (κ1) is 22.3. The van der Waals surface area contributed by atoms with Crippen LogP contribution in [0.25, 0.3) is 0 Å². The number of nitrogen functional groups attached to an aromatic ring is 2. The highest BCUT2D eigenvalue weighted by Gasteiger charge is 2.19. The van der Waals surface area contributed by atoms with Gasteiger partial charge in [0.05, 0.1) is 26.5 Å². The summed E-state index contributed by atoms with van der Waals surface area (Å²) < 4.78 is 16.6. The number of hydrogen-bond acceptors (Lipinski definition) is 6. The van der Waals surface area contributed by atoms with Crippen molar-refractivity contribution in [2.24, 2.45) is 0 Å². The molecule has 0 unspecified atom stereocenters. The van der Waals surface area contributed by atoms with E-state index in [1.54, 1.807) is 14.2 Å².